The van der Waals surface area contributed by atoms with Crippen molar-refractivity contribution >= 4 is 27.8 Å². The van der Waals surface area contributed by atoms with Gasteiger partial charge in [-0.1, -0.05) is 66.7 Å². The number of fused-ring (bicyclic) bond motifs is 2. The third kappa shape index (κ3) is 4.35. The fourth-order valence-electron chi connectivity index (χ4n) is 4.52. The minimum absolute atomic E-state index is 0.0399. The van der Waals surface area contributed by atoms with E-state index >= 15 is 0 Å². The third-order valence-electron chi connectivity index (χ3n) is 6.60. The summed E-state index contributed by atoms with van der Waals surface area (Å²) in [4.78, 5) is 17.1. The van der Waals surface area contributed by atoms with Crippen molar-refractivity contribution in [3.05, 3.63) is 108 Å². The van der Waals surface area contributed by atoms with E-state index in [0.717, 1.165) is 38.6 Å². The first-order valence-corrected chi connectivity index (χ1v) is 11.6. The molecule has 0 radical (unpaired) electrons. The van der Waals surface area contributed by atoms with E-state index in [2.05, 4.69) is 27.8 Å². The summed E-state index contributed by atoms with van der Waals surface area (Å²) in [6.45, 7) is 4.51. The smallest absolute Gasteiger partial charge is 0.240 e. The Kier molecular flexibility index (Phi) is 5.95. The van der Waals surface area contributed by atoms with Crippen LogP contribution in [0.3, 0.4) is 0 Å². The van der Waals surface area contributed by atoms with Crippen molar-refractivity contribution in [1.29, 1.82) is 0 Å². The summed E-state index contributed by atoms with van der Waals surface area (Å²) in [5.41, 5.74) is 4.28. The van der Waals surface area contributed by atoms with Gasteiger partial charge in [0.25, 0.3) is 0 Å². The fraction of sp³-hybridized carbons (Fsp3) is 0.207. The molecule has 0 aliphatic carbocycles. The molecule has 2 atom stereocenters. The SMILES string of the molecule is CC(NC(=O)C(C)(Cc1c[nH]c2ccccc12)NCc1coc2ccccc12)c1ccccc1. The van der Waals surface area contributed by atoms with Crippen molar-refractivity contribution < 1.29 is 9.21 Å². The lowest BCUT2D eigenvalue weighted by Gasteiger charge is -2.31. The Balaban J connectivity index is 1.43. The van der Waals surface area contributed by atoms with E-state index in [4.69, 9.17) is 4.42 Å². The van der Waals surface area contributed by atoms with Gasteiger partial charge in [0.1, 0.15) is 5.58 Å². The zero-order valence-corrected chi connectivity index (χ0v) is 19.5. The second-order valence-corrected chi connectivity index (χ2v) is 9.08. The van der Waals surface area contributed by atoms with Gasteiger partial charge in [0.15, 0.2) is 0 Å². The highest BCUT2D eigenvalue weighted by Gasteiger charge is 2.35. The van der Waals surface area contributed by atoms with Gasteiger partial charge in [0.05, 0.1) is 17.8 Å². The average Bonchev–Trinajstić information content (AvgIpc) is 3.47. The molecule has 0 aliphatic heterocycles. The quantitative estimate of drug-likeness (QED) is 0.276. The van der Waals surface area contributed by atoms with Crippen LogP contribution >= 0.6 is 0 Å². The van der Waals surface area contributed by atoms with E-state index in [-0.39, 0.29) is 11.9 Å². The van der Waals surface area contributed by atoms with Crippen LogP contribution in [0.4, 0.5) is 0 Å². The lowest BCUT2D eigenvalue weighted by molar-refractivity contribution is -0.127. The van der Waals surface area contributed by atoms with Gasteiger partial charge in [-0.3, -0.25) is 10.1 Å². The molecule has 2 unspecified atom stereocenters. The molecule has 0 fully saturated rings. The molecule has 34 heavy (non-hydrogen) atoms. The Morgan fingerprint density at radius 1 is 0.941 bits per heavy atom. The molecule has 0 saturated carbocycles. The van der Waals surface area contributed by atoms with Gasteiger partial charge in [-0.05, 0) is 37.1 Å². The maximum Gasteiger partial charge on any atom is 0.240 e. The first kappa shape index (κ1) is 22.0. The van der Waals surface area contributed by atoms with Crippen LogP contribution in [0.25, 0.3) is 21.9 Å². The largest absolute Gasteiger partial charge is 0.464 e. The summed E-state index contributed by atoms with van der Waals surface area (Å²) in [6, 6.07) is 26.1. The van der Waals surface area contributed by atoms with Crippen molar-refractivity contribution in [2.75, 3.05) is 0 Å². The highest BCUT2D eigenvalue weighted by molar-refractivity contribution is 5.89. The van der Waals surface area contributed by atoms with E-state index in [0.29, 0.717) is 13.0 Å². The average molecular weight is 452 g/mol. The molecule has 1 amide bonds. The summed E-state index contributed by atoms with van der Waals surface area (Å²) in [5.74, 6) is -0.0399. The van der Waals surface area contributed by atoms with E-state index < -0.39 is 5.54 Å². The fourth-order valence-corrected chi connectivity index (χ4v) is 4.52. The first-order chi connectivity index (χ1) is 16.5. The molecule has 5 heteroatoms. The number of carbonyl (C=O) groups is 1. The van der Waals surface area contributed by atoms with Gasteiger partial charge in [-0.15, -0.1) is 0 Å². The Labute approximate surface area is 199 Å². The van der Waals surface area contributed by atoms with Crippen LogP contribution in [0.15, 0.2) is 95.7 Å². The number of hydrogen-bond donors (Lipinski definition) is 3. The summed E-state index contributed by atoms with van der Waals surface area (Å²) in [5, 5.41) is 8.98. The molecule has 0 bridgehead atoms. The zero-order chi connectivity index (χ0) is 23.5. The molecule has 0 spiro atoms. The van der Waals surface area contributed by atoms with Gasteiger partial charge in [0.2, 0.25) is 5.91 Å². The highest BCUT2D eigenvalue weighted by Crippen LogP contribution is 2.26. The lowest BCUT2D eigenvalue weighted by Crippen LogP contribution is -2.56. The minimum atomic E-state index is -0.841. The number of aromatic amines is 1. The number of furan rings is 1. The molecular formula is C29H29N3O2. The molecule has 5 rings (SSSR count). The van der Waals surface area contributed by atoms with E-state index in [9.17, 15) is 4.79 Å². The van der Waals surface area contributed by atoms with E-state index in [1.54, 1.807) is 6.26 Å². The molecule has 0 aliphatic rings. The molecular weight excluding hydrogens is 422 g/mol. The molecule has 2 heterocycles. The standard InChI is InChI=1S/C29H29N3O2/c1-20(21-10-4-3-5-11-21)32-28(33)29(2,16-22-17-30-26-14-8-6-12-24(22)26)31-18-23-19-34-27-15-9-7-13-25(23)27/h3-15,17,19-20,30-31H,16,18H2,1-2H3,(H,32,33). The van der Waals surface area contributed by atoms with Crippen molar-refractivity contribution in [3.8, 4) is 0 Å². The van der Waals surface area contributed by atoms with Gasteiger partial charge < -0.3 is 14.7 Å². The van der Waals surface area contributed by atoms with Crippen molar-refractivity contribution in [3.63, 3.8) is 0 Å². The van der Waals surface area contributed by atoms with Crippen LogP contribution in [0.2, 0.25) is 0 Å². The number of benzene rings is 3. The van der Waals surface area contributed by atoms with Crippen LogP contribution in [-0.4, -0.2) is 16.4 Å². The Hall–Kier alpha value is -3.83. The number of H-pyrrole nitrogens is 1. The number of amides is 1. The van der Waals surface area contributed by atoms with Crippen LogP contribution in [0.5, 0.6) is 0 Å². The van der Waals surface area contributed by atoms with E-state index in [1.807, 2.05) is 86.8 Å². The van der Waals surface area contributed by atoms with Crippen LogP contribution in [0, 0.1) is 0 Å². The second kappa shape index (κ2) is 9.20. The van der Waals surface area contributed by atoms with Gasteiger partial charge in [-0.2, -0.15) is 0 Å². The molecule has 2 aromatic heterocycles. The van der Waals surface area contributed by atoms with Crippen molar-refractivity contribution in [2.45, 2.75) is 38.4 Å². The predicted octanol–water partition coefficient (Wildman–Crippen LogP) is 5.88. The first-order valence-electron chi connectivity index (χ1n) is 11.6. The van der Waals surface area contributed by atoms with Crippen molar-refractivity contribution in [2.24, 2.45) is 0 Å². The monoisotopic (exact) mass is 451 g/mol. The number of carbonyl (C=O) groups excluding carboxylic acids is 1. The van der Waals surface area contributed by atoms with Crippen LogP contribution in [0.1, 0.15) is 36.6 Å². The molecule has 3 aromatic carbocycles. The number of hydrogen-bond acceptors (Lipinski definition) is 3. The molecule has 3 N–H and O–H groups in total. The Bertz CT molecular complexity index is 1420. The minimum Gasteiger partial charge on any atom is -0.464 e. The second-order valence-electron chi connectivity index (χ2n) is 9.08. The summed E-state index contributed by atoms with van der Waals surface area (Å²) in [6.07, 6.45) is 4.32. The number of nitrogens with one attached hydrogen (secondary N) is 3. The van der Waals surface area contributed by atoms with Crippen molar-refractivity contribution in [1.82, 2.24) is 15.6 Å². The molecule has 0 saturated heterocycles. The number of rotatable bonds is 8. The predicted molar refractivity (Wildman–Crippen MR) is 136 cm³/mol. The summed E-state index contributed by atoms with van der Waals surface area (Å²) >= 11 is 0. The molecule has 5 nitrogen and oxygen atoms in total. The molecule has 5 aromatic rings. The Morgan fingerprint density at radius 3 is 2.47 bits per heavy atom. The zero-order valence-electron chi connectivity index (χ0n) is 19.5. The summed E-state index contributed by atoms with van der Waals surface area (Å²) < 4.78 is 5.72. The van der Waals surface area contributed by atoms with Gasteiger partial charge >= 0.3 is 0 Å². The normalized spacial score (nSPS) is 14.2. The Morgan fingerprint density at radius 2 is 1.65 bits per heavy atom. The van der Waals surface area contributed by atoms with E-state index in [1.165, 1.54) is 0 Å². The van der Waals surface area contributed by atoms with Gasteiger partial charge in [0, 0.05) is 41.0 Å². The number of aromatic nitrogens is 1. The topological polar surface area (TPSA) is 70.1 Å². The summed E-state index contributed by atoms with van der Waals surface area (Å²) in [7, 11) is 0. The maximum absolute atomic E-state index is 13.7. The van der Waals surface area contributed by atoms with Crippen LogP contribution in [-0.2, 0) is 17.8 Å². The highest BCUT2D eigenvalue weighted by atomic mass is 16.3. The maximum atomic E-state index is 13.7. The third-order valence-corrected chi connectivity index (χ3v) is 6.60. The van der Waals surface area contributed by atoms with Gasteiger partial charge in [-0.25, -0.2) is 0 Å². The van der Waals surface area contributed by atoms with Crippen LogP contribution < -0.4 is 10.6 Å². The lowest BCUT2D eigenvalue weighted by atomic mass is 9.90. The molecule has 172 valence electrons. The number of para-hydroxylation sites is 2.